The first-order valence-electron chi connectivity index (χ1n) is 8.14. The molecule has 8 heteroatoms. The molecule has 0 fully saturated rings. The molecule has 0 aliphatic rings. The second-order valence-electron chi connectivity index (χ2n) is 5.83. The Labute approximate surface area is 146 Å². The summed E-state index contributed by atoms with van der Waals surface area (Å²) in [6, 6.07) is 10.4. The smallest absolute Gasteiger partial charge is 0.262 e. The van der Waals surface area contributed by atoms with Gasteiger partial charge in [-0.2, -0.15) is 0 Å². The van der Waals surface area contributed by atoms with Crippen LogP contribution in [0.4, 0.5) is 14.5 Å². The summed E-state index contributed by atoms with van der Waals surface area (Å²) in [5.41, 5.74) is 0.853. The van der Waals surface area contributed by atoms with Gasteiger partial charge in [-0.15, -0.1) is 10.2 Å². The summed E-state index contributed by atoms with van der Waals surface area (Å²) in [6.45, 7) is 2.50. The van der Waals surface area contributed by atoms with E-state index in [1.54, 1.807) is 21.1 Å². The van der Waals surface area contributed by atoms with Crippen LogP contribution in [0, 0.1) is 11.6 Å². The Balaban J connectivity index is 1.83. The van der Waals surface area contributed by atoms with Crippen LogP contribution in [-0.4, -0.2) is 19.2 Å². The normalized spacial score (nSPS) is 11.3. The molecule has 0 unspecified atom stereocenters. The molecule has 0 amide bonds. The molecule has 0 radical (unpaired) electrons. The molecule has 4 rings (SSSR count). The first-order chi connectivity index (χ1) is 12.6. The van der Waals surface area contributed by atoms with E-state index in [1.807, 2.05) is 19.1 Å². The van der Waals surface area contributed by atoms with Crippen LogP contribution >= 0.6 is 0 Å². The van der Waals surface area contributed by atoms with Crippen molar-refractivity contribution in [3.05, 3.63) is 70.3 Å². The Morgan fingerprint density at radius 2 is 1.81 bits per heavy atom. The van der Waals surface area contributed by atoms with Crippen LogP contribution in [0.3, 0.4) is 0 Å². The van der Waals surface area contributed by atoms with E-state index >= 15 is 0 Å². The quantitative estimate of drug-likeness (QED) is 0.611. The fourth-order valence-electron chi connectivity index (χ4n) is 3.05. The summed E-state index contributed by atoms with van der Waals surface area (Å²) in [7, 11) is 0. The molecule has 6 nitrogen and oxygen atoms in total. The van der Waals surface area contributed by atoms with E-state index in [9.17, 15) is 13.6 Å². The molecule has 4 aromatic rings. The summed E-state index contributed by atoms with van der Waals surface area (Å²) in [6.07, 6.45) is 0. The molecule has 2 aromatic carbocycles. The molecule has 132 valence electrons. The maximum absolute atomic E-state index is 13.3. The number of hydrogen-bond donors (Lipinski definition) is 1. The first-order valence-corrected chi connectivity index (χ1v) is 8.14. The fraction of sp³-hybridized carbons (Fsp3) is 0.167. The molecule has 0 bridgehead atoms. The average molecular weight is 355 g/mol. The van der Waals surface area contributed by atoms with Gasteiger partial charge in [0.1, 0.15) is 11.6 Å². The van der Waals surface area contributed by atoms with E-state index in [4.69, 9.17) is 0 Å². The summed E-state index contributed by atoms with van der Waals surface area (Å²) in [4.78, 5) is 12.6. The van der Waals surface area contributed by atoms with Gasteiger partial charge in [0.2, 0.25) is 5.78 Å². The van der Waals surface area contributed by atoms with E-state index < -0.39 is 11.6 Å². The highest BCUT2D eigenvalue weighted by atomic mass is 19.1. The monoisotopic (exact) mass is 355 g/mol. The van der Waals surface area contributed by atoms with Gasteiger partial charge in [0.15, 0.2) is 5.82 Å². The van der Waals surface area contributed by atoms with Crippen molar-refractivity contribution in [2.45, 2.75) is 20.0 Å². The fourth-order valence-corrected chi connectivity index (χ4v) is 3.05. The predicted octanol–water partition coefficient (Wildman–Crippen LogP) is 2.95. The zero-order valence-corrected chi connectivity index (χ0v) is 13.9. The van der Waals surface area contributed by atoms with Gasteiger partial charge < -0.3 is 5.32 Å². The lowest BCUT2D eigenvalue weighted by Gasteiger charge is -2.10. The van der Waals surface area contributed by atoms with Gasteiger partial charge in [-0.25, -0.2) is 8.78 Å². The second kappa shape index (κ2) is 6.21. The number of fused-ring (bicyclic) bond motifs is 3. The number of aromatic nitrogens is 4. The lowest BCUT2D eigenvalue weighted by atomic mass is 10.2. The average Bonchev–Trinajstić information content (AvgIpc) is 3.04. The third-order valence-corrected chi connectivity index (χ3v) is 4.20. The number of hydrogen-bond acceptors (Lipinski definition) is 4. The molecule has 0 spiro atoms. The van der Waals surface area contributed by atoms with Gasteiger partial charge in [0.05, 0.1) is 17.4 Å². The molecular formula is C18H15F2N5O. The van der Waals surface area contributed by atoms with E-state index in [2.05, 4.69) is 15.5 Å². The molecular weight excluding hydrogens is 340 g/mol. The van der Waals surface area contributed by atoms with Crippen molar-refractivity contribution in [3.63, 3.8) is 0 Å². The second-order valence-corrected chi connectivity index (χ2v) is 5.83. The van der Waals surface area contributed by atoms with E-state index in [0.717, 1.165) is 6.07 Å². The third-order valence-electron chi connectivity index (χ3n) is 4.20. The van der Waals surface area contributed by atoms with Crippen molar-refractivity contribution in [1.82, 2.24) is 19.2 Å². The Kier molecular flexibility index (Phi) is 3.87. The molecule has 1 N–H and O–H groups in total. The topological polar surface area (TPSA) is 64.2 Å². The predicted molar refractivity (Wildman–Crippen MR) is 94.1 cm³/mol. The van der Waals surface area contributed by atoms with Crippen molar-refractivity contribution in [2.75, 3.05) is 5.32 Å². The molecule has 26 heavy (non-hydrogen) atoms. The SMILES string of the molecule is CCn1c(=O)c2ccccc2n2c(CNc3cc(F)cc(F)c3)nnc12. The lowest BCUT2D eigenvalue weighted by Crippen LogP contribution is -2.22. The number of nitrogens with one attached hydrogen (secondary N) is 1. The number of anilines is 1. The van der Waals surface area contributed by atoms with Crippen LogP contribution in [0.15, 0.2) is 47.3 Å². The maximum Gasteiger partial charge on any atom is 0.262 e. The van der Waals surface area contributed by atoms with Crippen LogP contribution < -0.4 is 10.9 Å². The van der Waals surface area contributed by atoms with Crippen LogP contribution in [0.5, 0.6) is 0 Å². The number of aryl methyl sites for hydroxylation is 1. The zero-order chi connectivity index (χ0) is 18.3. The van der Waals surface area contributed by atoms with Crippen molar-refractivity contribution in [2.24, 2.45) is 0 Å². The summed E-state index contributed by atoms with van der Waals surface area (Å²) < 4.78 is 30.0. The van der Waals surface area contributed by atoms with Gasteiger partial charge in [-0.3, -0.25) is 13.8 Å². The van der Waals surface area contributed by atoms with E-state index in [1.165, 1.54) is 12.1 Å². The third kappa shape index (κ3) is 2.59. The van der Waals surface area contributed by atoms with Crippen molar-refractivity contribution in [1.29, 1.82) is 0 Å². The number of para-hydroxylation sites is 1. The molecule has 2 heterocycles. The highest BCUT2D eigenvalue weighted by Crippen LogP contribution is 2.17. The van der Waals surface area contributed by atoms with E-state index in [-0.39, 0.29) is 12.1 Å². The highest BCUT2D eigenvalue weighted by Gasteiger charge is 2.15. The van der Waals surface area contributed by atoms with Gasteiger partial charge in [-0.1, -0.05) is 12.1 Å². The van der Waals surface area contributed by atoms with Crippen molar-refractivity contribution < 1.29 is 8.78 Å². The van der Waals surface area contributed by atoms with Crippen LogP contribution in [0.1, 0.15) is 12.7 Å². The Morgan fingerprint density at radius 1 is 1.08 bits per heavy atom. The molecule has 0 aliphatic carbocycles. The van der Waals surface area contributed by atoms with Crippen LogP contribution in [0.25, 0.3) is 16.7 Å². The Hall–Kier alpha value is -3.29. The number of halogens is 2. The molecule has 0 atom stereocenters. The van der Waals surface area contributed by atoms with Gasteiger partial charge in [-0.05, 0) is 31.2 Å². The van der Waals surface area contributed by atoms with E-state index in [0.29, 0.717) is 34.7 Å². The standard InChI is InChI=1S/C18H15F2N5O/c1-2-24-17(26)14-5-3-4-6-15(14)25-16(22-23-18(24)25)10-21-13-8-11(19)7-12(20)9-13/h3-9,21H,2,10H2,1H3. The van der Waals surface area contributed by atoms with Crippen molar-refractivity contribution >= 4 is 22.4 Å². The number of benzene rings is 2. The largest absolute Gasteiger partial charge is 0.378 e. The summed E-state index contributed by atoms with van der Waals surface area (Å²) >= 11 is 0. The maximum atomic E-state index is 13.3. The molecule has 0 aliphatic heterocycles. The zero-order valence-electron chi connectivity index (χ0n) is 13.9. The Morgan fingerprint density at radius 3 is 2.54 bits per heavy atom. The first kappa shape index (κ1) is 16.2. The van der Waals surface area contributed by atoms with Crippen LogP contribution in [0.2, 0.25) is 0 Å². The highest BCUT2D eigenvalue weighted by molar-refractivity contribution is 5.80. The lowest BCUT2D eigenvalue weighted by molar-refractivity contribution is 0.584. The number of rotatable bonds is 4. The molecule has 0 saturated carbocycles. The van der Waals surface area contributed by atoms with Crippen LogP contribution in [-0.2, 0) is 13.1 Å². The van der Waals surface area contributed by atoms with Gasteiger partial charge >= 0.3 is 0 Å². The van der Waals surface area contributed by atoms with Gasteiger partial charge in [0, 0.05) is 18.3 Å². The molecule has 0 saturated heterocycles. The minimum atomic E-state index is -0.663. The molecule has 2 aromatic heterocycles. The van der Waals surface area contributed by atoms with Crippen molar-refractivity contribution in [3.8, 4) is 0 Å². The minimum absolute atomic E-state index is 0.130. The minimum Gasteiger partial charge on any atom is -0.378 e. The number of nitrogens with zero attached hydrogens (tertiary/aromatic N) is 4. The Bertz CT molecular complexity index is 1160. The van der Waals surface area contributed by atoms with Gasteiger partial charge in [0.25, 0.3) is 5.56 Å². The summed E-state index contributed by atoms with van der Waals surface area (Å²) in [5.74, 6) is -0.366. The summed E-state index contributed by atoms with van der Waals surface area (Å²) in [5, 5.41) is 11.8.